The minimum absolute atomic E-state index is 0.104. The monoisotopic (exact) mass is 402 g/mol. The van der Waals surface area contributed by atoms with Gasteiger partial charge in [0, 0.05) is 31.8 Å². The normalized spacial score (nSPS) is 21.3. The zero-order valence-corrected chi connectivity index (χ0v) is 17.2. The molecule has 0 radical (unpaired) electrons. The number of likely N-dealkylation sites (tertiary alicyclic amines) is 1. The summed E-state index contributed by atoms with van der Waals surface area (Å²) in [4.78, 5) is 9.16. The first-order valence-electron chi connectivity index (χ1n) is 10.7. The third-order valence-electron chi connectivity index (χ3n) is 5.99. The number of benzene rings is 1. The van der Waals surface area contributed by atoms with Crippen LogP contribution in [0.3, 0.4) is 0 Å². The molecule has 0 spiro atoms. The van der Waals surface area contributed by atoms with E-state index in [0.29, 0.717) is 36.8 Å². The molecule has 0 amide bonds. The Morgan fingerprint density at radius 3 is 2.69 bits per heavy atom. The van der Waals surface area contributed by atoms with Crippen LogP contribution in [-0.4, -0.2) is 58.8 Å². The zero-order valence-electron chi connectivity index (χ0n) is 17.2. The second kappa shape index (κ2) is 9.78. The van der Waals surface area contributed by atoms with Crippen molar-refractivity contribution in [3.63, 3.8) is 0 Å². The summed E-state index contributed by atoms with van der Waals surface area (Å²) in [5.74, 6) is 1.88. The van der Waals surface area contributed by atoms with Crippen LogP contribution in [0, 0.1) is 18.7 Å². The average molecular weight is 403 g/mol. The Labute approximate surface area is 172 Å². The molecule has 2 aromatic rings. The van der Waals surface area contributed by atoms with Gasteiger partial charge in [-0.1, -0.05) is 23.4 Å². The number of hydrogen-bond donors (Lipinski definition) is 0. The third-order valence-corrected chi connectivity index (χ3v) is 5.99. The molecule has 3 heterocycles. The molecule has 158 valence electrons. The molecule has 7 heteroatoms. The van der Waals surface area contributed by atoms with Gasteiger partial charge in [-0.3, -0.25) is 9.80 Å². The number of aromatic nitrogens is 2. The van der Waals surface area contributed by atoms with Crippen molar-refractivity contribution in [3.8, 4) is 0 Å². The van der Waals surface area contributed by atoms with Crippen LogP contribution in [0.1, 0.15) is 43.0 Å². The van der Waals surface area contributed by atoms with Crippen LogP contribution in [0.2, 0.25) is 0 Å². The van der Waals surface area contributed by atoms with E-state index in [0.717, 1.165) is 64.0 Å². The van der Waals surface area contributed by atoms with Gasteiger partial charge in [0.1, 0.15) is 5.82 Å². The van der Waals surface area contributed by atoms with Gasteiger partial charge in [0.2, 0.25) is 5.89 Å². The Kier molecular flexibility index (Phi) is 6.90. The first kappa shape index (κ1) is 20.4. The molecule has 1 aromatic carbocycles. The van der Waals surface area contributed by atoms with E-state index in [1.807, 2.05) is 19.1 Å². The van der Waals surface area contributed by atoms with E-state index >= 15 is 0 Å². The molecule has 2 fully saturated rings. The van der Waals surface area contributed by atoms with Crippen LogP contribution in [0.4, 0.5) is 4.39 Å². The lowest BCUT2D eigenvalue weighted by molar-refractivity contribution is 0.0528. The van der Waals surface area contributed by atoms with Crippen LogP contribution in [0.5, 0.6) is 0 Å². The standard InChI is InChI=1S/C22H31FN4O2/c1-17-24-22(29-25-17)16-27(15-20-6-4-12-28-20)13-18-8-10-26(11-9-18)14-19-5-2-3-7-21(19)23/h2-3,5,7,18,20H,4,6,8-16H2,1H3/t20-/m0/s1. The third kappa shape index (κ3) is 5.84. The Balaban J connectivity index is 1.30. The van der Waals surface area contributed by atoms with Crippen LogP contribution in [-0.2, 0) is 17.8 Å². The Bertz CT molecular complexity index is 770. The van der Waals surface area contributed by atoms with Gasteiger partial charge in [-0.2, -0.15) is 4.98 Å². The highest BCUT2D eigenvalue weighted by molar-refractivity contribution is 5.17. The van der Waals surface area contributed by atoms with Crippen molar-refractivity contribution >= 4 is 0 Å². The van der Waals surface area contributed by atoms with Gasteiger partial charge in [0.05, 0.1) is 12.6 Å². The summed E-state index contributed by atoms with van der Waals surface area (Å²) in [6, 6.07) is 7.09. The number of nitrogens with zero attached hydrogens (tertiary/aromatic N) is 4. The van der Waals surface area contributed by atoms with Gasteiger partial charge in [-0.05, 0) is 57.7 Å². The van der Waals surface area contributed by atoms with Crippen molar-refractivity contribution < 1.29 is 13.7 Å². The molecular weight excluding hydrogens is 371 g/mol. The molecule has 2 aliphatic heterocycles. The summed E-state index contributed by atoms with van der Waals surface area (Å²) >= 11 is 0. The van der Waals surface area contributed by atoms with Crippen molar-refractivity contribution in [3.05, 3.63) is 47.4 Å². The summed E-state index contributed by atoms with van der Waals surface area (Å²) in [5.41, 5.74) is 0.790. The summed E-state index contributed by atoms with van der Waals surface area (Å²) in [6.07, 6.45) is 4.83. The molecule has 0 unspecified atom stereocenters. The lowest BCUT2D eigenvalue weighted by Gasteiger charge is -2.35. The molecule has 6 nitrogen and oxygen atoms in total. The lowest BCUT2D eigenvalue weighted by atomic mass is 9.95. The molecule has 0 aliphatic carbocycles. The Hall–Kier alpha value is -1.83. The van der Waals surface area contributed by atoms with E-state index in [1.165, 1.54) is 0 Å². The molecule has 0 saturated carbocycles. The Morgan fingerprint density at radius 2 is 2.00 bits per heavy atom. The first-order valence-corrected chi connectivity index (χ1v) is 10.7. The van der Waals surface area contributed by atoms with E-state index in [-0.39, 0.29) is 5.82 Å². The largest absolute Gasteiger partial charge is 0.377 e. The molecule has 1 atom stereocenters. The van der Waals surface area contributed by atoms with Crippen LogP contribution in [0.25, 0.3) is 0 Å². The van der Waals surface area contributed by atoms with E-state index in [9.17, 15) is 4.39 Å². The smallest absolute Gasteiger partial charge is 0.240 e. The lowest BCUT2D eigenvalue weighted by Crippen LogP contribution is -2.40. The second-order valence-corrected chi connectivity index (χ2v) is 8.38. The minimum Gasteiger partial charge on any atom is -0.377 e. The van der Waals surface area contributed by atoms with Gasteiger partial charge in [-0.25, -0.2) is 4.39 Å². The average Bonchev–Trinajstić information content (AvgIpc) is 3.37. The number of rotatable bonds is 8. The number of ether oxygens (including phenoxy) is 1. The van der Waals surface area contributed by atoms with Gasteiger partial charge in [0.15, 0.2) is 5.82 Å². The quantitative estimate of drug-likeness (QED) is 0.675. The molecule has 0 N–H and O–H groups in total. The van der Waals surface area contributed by atoms with E-state index in [2.05, 4.69) is 19.9 Å². The number of piperidine rings is 1. The fourth-order valence-electron chi connectivity index (χ4n) is 4.44. The van der Waals surface area contributed by atoms with E-state index in [4.69, 9.17) is 9.26 Å². The zero-order chi connectivity index (χ0) is 20.1. The van der Waals surface area contributed by atoms with Gasteiger partial charge in [0.25, 0.3) is 0 Å². The number of aryl methyl sites for hydroxylation is 1. The predicted octanol–water partition coefficient (Wildman–Crippen LogP) is 3.41. The number of halogens is 1. The molecule has 2 aliphatic rings. The van der Waals surface area contributed by atoms with E-state index < -0.39 is 0 Å². The van der Waals surface area contributed by atoms with E-state index in [1.54, 1.807) is 12.1 Å². The highest BCUT2D eigenvalue weighted by Gasteiger charge is 2.26. The summed E-state index contributed by atoms with van der Waals surface area (Å²) in [5, 5.41) is 3.92. The fraction of sp³-hybridized carbons (Fsp3) is 0.636. The van der Waals surface area contributed by atoms with Crippen LogP contribution in [0.15, 0.2) is 28.8 Å². The van der Waals surface area contributed by atoms with Crippen molar-refractivity contribution in [2.45, 2.75) is 51.8 Å². The van der Waals surface area contributed by atoms with Gasteiger partial charge >= 0.3 is 0 Å². The van der Waals surface area contributed by atoms with Crippen molar-refractivity contribution in [2.24, 2.45) is 5.92 Å². The van der Waals surface area contributed by atoms with Crippen molar-refractivity contribution in [1.82, 2.24) is 19.9 Å². The topological polar surface area (TPSA) is 54.6 Å². The maximum atomic E-state index is 13.9. The highest BCUT2D eigenvalue weighted by Crippen LogP contribution is 2.23. The first-order chi connectivity index (χ1) is 14.2. The minimum atomic E-state index is -0.104. The molecule has 4 rings (SSSR count). The maximum absolute atomic E-state index is 13.9. The van der Waals surface area contributed by atoms with Crippen molar-refractivity contribution in [1.29, 1.82) is 0 Å². The molecule has 29 heavy (non-hydrogen) atoms. The van der Waals surface area contributed by atoms with Crippen LogP contribution < -0.4 is 0 Å². The summed E-state index contributed by atoms with van der Waals surface area (Å²) in [6.45, 7) is 8.02. The molecular formula is C22H31FN4O2. The van der Waals surface area contributed by atoms with Gasteiger partial charge < -0.3 is 9.26 Å². The van der Waals surface area contributed by atoms with Gasteiger partial charge in [-0.15, -0.1) is 0 Å². The molecule has 0 bridgehead atoms. The fourth-order valence-corrected chi connectivity index (χ4v) is 4.44. The summed E-state index contributed by atoms with van der Waals surface area (Å²) < 4.78 is 25.1. The summed E-state index contributed by atoms with van der Waals surface area (Å²) in [7, 11) is 0. The second-order valence-electron chi connectivity index (χ2n) is 8.38. The number of hydrogen-bond acceptors (Lipinski definition) is 6. The maximum Gasteiger partial charge on any atom is 0.240 e. The predicted molar refractivity (Wildman–Crippen MR) is 108 cm³/mol. The highest BCUT2D eigenvalue weighted by atomic mass is 19.1. The van der Waals surface area contributed by atoms with Crippen molar-refractivity contribution in [2.75, 3.05) is 32.8 Å². The SMILES string of the molecule is Cc1noc(CN(CC2CCN(Cc3ccccc3F)CC2)C[C@@H]2CCCO2)n1. The Morgan fingerprint density at radius 1 is 1.17 bits per heavy atom. The molecule has 2 saturated heterocycles. The van der Waals surface area contributed by atoms with Crippen LogP contribution >= 0.6 is 0 Å². The molecule has 1 aromatic heterocycles.